The van der Waals surface area contributed by atoms with E-state index in [1.54, 1.807) is 11.0 Å². The number of nitrogens with one attached hydrogen (secondary N) is 1. The summed E-state index contributed by atoms with van der Waals surface area (Å²) in [7, 11) is -3.55. The molecule has 1 heterocycles. The van der Waals surface area contributed by atoms with Crippen LogP contribution < -0.4 is 5.32 Å². The zero-order valence-electron chi connectivity index (χ0n) is 17.1. The first-order chi connectivity index (χ1) is 13.0. The lowest BCUT2D eigenvalue weighted by atomic mass is 9.92. The molecule has 158 valence electrons. The van der Waals surface area contributed by atoms with Crippen LogP contribution in [0.2, 0.25) is 0 Å². The molecule has 1 aliphatic heterocycles. The minimum absolute atomic E-state index is 0.243. The third-order valence-corrected chi connectivity index (χ3v) is 5.85. The molecule has 0 radical (unpaired) electrons. The lowest BCUT2D eigenvalue weighted by Crippen LogP contribution is -2.41. The monoisotopic (exact) mass is 414 g/mol. The van der Waals surface area contributed by atoms with Gasteiger partial charge in [0.25, 0.3) is 0 Å². The van der Waals surface area contributed by atoms with Gasteiger partial charge in [-0.1, -0.05) is 0 Å². The van der Waals surface area contributed by atoms with Gasteiger partial charge in [0.05, 0.1) is 0 Å². The fourth-order valence-corrected chi connectivity index (χ4v) is 3.99. The number of amides is 1. The first kappa shape index (κ1) is 22.5. The lowest BCUT2D eigenvalue weighted by Gasteiger charge is -2.33. The fourth-order valence-electron chi connectivity index (χ4n) is 3.27. The molecular formula is C20H31FN2O4S. The molecule has 1 aromatic carbocycles. The van der Waals surface area contributed by atoms with Gasteiger partial charge in [-0.25, -0.2) is 17.6 Å². The van der Waals surface area contributed by atoms with Crippen LogP contribution in [0.25, 0.3) is 0 Å². The van der Waals surface area contributed by atoms with Crippen molar-refractivity contribution < 1.29 is 22.3 Å². The summed E-state index contributed by atoms with van der Waals surface area (Å²) in [6.45, 7) is 7.71. The van der Waals surface area contributed by atoms with E-state index in [9.17, 15) is 17.6 Å². The molecule has 0 aliphatic carbocycles. The molecule has 0 aromatic heterocycles. The van der Waals surface area contributed by atoms with E-state index in [0.29, 0.717) is 31.2 Å². The molecule has 1 saturated heterocycles. The van der Waals surface area contributed by atoms with Gasteiger partial charge in [-0.3, -0.25) is 0 Å². The van der Waals surface area contributed by atoms with E-state index in [1.807, 2.05) is 20.8 Å². The normalized spacial score (nSPS) is 16.1. The molecule has 1 amide bonds. The summed E-state index contributed by atoms with van der Waals surface area (Å²) in [5.41, 5.74) is 0.100. The van der Waals surface area contributed by atoms with Crippen molar-refractivity contribution in [2.45, 2.75) is 57.0 Å². The molecule has 0 spiro atoms. The van der Waals surface area contributed by atoms with Crippen LogP contribution in [-0.4, -0.2) is 50.9 Å². The van der Waals surface area contributed by atoms with E-state index in [-0.39, 0.29) is 11.0 Å². The quantitative estimate of drug-likeness (QED) is 0.710. The molecule has 2 rings (SSSR count). The Hall–Kier alpha value is -1.83. The van der Waals surface area contributed by atoms with Crippen LogP contribution >= 0.6 is 0 Å². The zero-order valence-corrected chi connectivity index (χ0v) is 17.9. The second kappa shape index (κ2) is 9.11. The number of anilines is 1. The maximum Gasteiger partial charge on any atom is 0.410 e. The Morgan fingerprint density at radius 1 is 1.29 bits per heavy atom. The van der Waals surface area contributed by atoms with Gasteiger partial charge < -0.3 is 15.0 Å². The van der Waals surface area contributed by atoms with E-state index in [2.05, 4.69) is 5.32 Å². The highest BCUT2D eigenvalue weighted by atomic mass is 32.2. The standard InChI is InChI=1S/C20H31FN2O4S/c1-20(2,3)27-19(24)23-12-9-15(10-13-23)6-5-11-22-16-7-8-18(17(21)14-16)28(4,25)26/h7-8,14-15,22H,5-6,9-13H2,1-4H3. The number of likely N-dealkylation sites (tertiary alicyclic amines) is 1. The molecule has 1 fully saturated rings. The van der Waals surface area contributed by atoms with Crippen molar-refractivity contribution in [3.63, 3.8) is 0 Å². The largest absolute Gasteiger partial charge is 0.444 e. The number of ether oxygens (including phenoxy) is 1. The predicted molar refractivity (Wildman–Crippen MR) is 108 cm³/mol. The molecule has 1 aromatic rings. The Balaban J connectivity index is 1.70. The van der Waals surface area contributed by atoms with Crippen molar-refractivity contribution in [1.29, 1.82) is 0 Å². The average Bonchev–Trinajstić information content (AvgIpc) is 2.56. The number of sulfone groups is 1. The number of benzene rings is 1. The molecule has 8 heteroatoms. The number of nitrogens with zero attached hydrogens (tertiary/aromatic N) is 1. The van der Waals surface area contributed by atoms with Gasteiger partial charge in [0, 0.05) is 31.6 Å². The highest BCUT2D eigenvalue weighted by Gasteiger charge is 2.26. The summed E-state index contributed by atoms with van der Waals surface area (Å²) in [6, 6.07) is 4.09. The average molecular weight is 415 g/mol. The Morgan fingerprint density at radius 2 is 1.93 bits per heavy atom. The Bertz CT molecular complexity index is 782. The number of hydrogen-bond donors (Lipinski definition) is 1. The van der Waals surface area contributed by atoms with Crippen LogP contribution in [0.4, 0.5) is 14.9 Å². The van der Waals surface area contributed by atoms with Crippen LogP contribution in [0.3, 0.4) is 0 Å². The smallest absolute Gasteiger partial charge is 0.410 e. The third kappa shape index (κ3) is 6.96. The summed E-state index contributed by atoms with van der Waals surface area (Å²) >= 11 is 0. The molecule has 0 unspecified atom stereocenters. The SMILES string of the molecule is CC(C)(C)OC(=O)N1CCC(CCCNc2ccc(S(C)(=O)=O)c(F)c2)CC1. The van der Waals surface area contributed by atoms with E-state index in [4.69, 9.17) is 4.74 Å². The maximum absolute atomic E-state index is 13.9. The van der Waals surface area contributed by atoms with Crippen LogP contribution in [0, 0.1) is 11.7 Å². The first-order valence-electron chi connectivity index (χ1n) is 9.67. The molecule has 0 saturated carbocycles. The number of hydrogen-bond acceptors (Lipinski definition) is 5. The zero-order chi connectivity index (χ0) is 20.9. The summed E-state index contributed by atoms with van der Waals surface area (Å²) in [5.74, 6) is -0.174. The first-order valence-corrected chi connectivity index (χ1v) is 11.6. The number of halogens is 1. The number of rotatable bonds is 6. The number of piperidine rings is 1. The van der Waals surface area contributed by atoms with Crippen LogP contribution in [-0.2, 0) is 14.6 Å². The maximum atomic E-state index is 13.9. The summed E-state index contributed by atoms with van der Waals surface area (Å²) in [4.78, 5) is 13.6. The van der Waals surface area contributed by atoms with Crippen molar-refractivity contribution in [2.75, 3.05) is 31.2 Å². The van der Waals surface area contributed by atoms with Crippen molar-refractivity contribution in [3.05, 3.63) is 24.0 Å². The van der Waals surface area contributed by atoms with Crippen molar-refractivity contribution in [1.82, 2.24) is 4.90 Å². The second-order valence-electron chi connectivity index (χ2n) is 8.40. The van der Waals surface area contributed by atoms with Crippen LogP contribution in [0.15, 0.2) is 23.1 Å². The Morgan fingerprint density at radius 3 is 2.46 bits per heavy atom. The van der Waals surface area contributed by atoms with E-state index in [1.165, 1.54) is 12.1 Å². The van der Waals surface area contributed by atoms with Gasteiger partial charge in [0.1, 0.15) is 16.3 Å². The van der Waals surface area contributed by atoms with Gasteiger partial charge in [-0.2, -0.15) is 0 Å². The van der Waals surface area contributed by atoms with Gasteiger partial charge >= 0.3 is 6.09 Å². The van der Waals surface area contributed by atoms with Gasteiger partial charge in [0.2, 0.25) is 0 Å². The second-order valence-corrected chi connectivity index (χ2v) is 10.4. The highest BCUT2D eigenvalue weighted by molar-refractivity contribution is 7.90. The Labute approximate surface area is 167 Å². The number of carbonyl (C=O) groups excluding carboxylic acids is 1. The minimum atomic E-state index is -3.55. The van der Waals surface area contributed by atoms with E-state index >= 15 is 0 Å². The molecular weight excluding hydrogens is 383 g/mol. The van der Waals surface area contributed by atoms with Crippen molar-refractivity contribution in [2.24, 2.45) is 5.92 Å². The van der Waals surface area contributed by atoms with Crippen molar-refractivity contribution in [3.8, 4) is 0 Å². The molecule has 0 atom stereocenters. The fraction of sp³-hybridized carbons (Fsp3) is 0.650. The summed E-state index contributed by atoms with van der Waals surface area (Å²) in [5, 5.41) is 3.14. The van der Waals surface area contributed by atoms with Gasteiger partial charge in [-0.15, -0.1) is 0 Å². The topological polar surface area (TPSA) is 75.7 Å². The summed E-state index contributed by atoms with van der Waals surface area (Å²) in [6.07, 6.45) is 4.61. The Kier molecular flexibility index (Phi) is 7.31. The molecule has 28 heavy (non-hydrogen) atoms. The predicted octanol–water partition coefficient (Wildman–Crippen LogP) is 4.07. The van der Waals surface area contributed by atoms with Crippen molar-refractivity contribution >= 4 is 21.6 Å². The number of carbonyl (C=O) groups is 1. The highest BCUT2D eigenvalue weighted by Crippen LogP contribution is 2.24. The third-order valence-electron chi connectivity index (χ3n) is 4.72. The molecule has 0 bridgehead atoms. The van der Waals surface area contributed by atoms with E-state index in [0.717, 1.165) is 31.9 Å². The van der Waals surface area contributed by atoms with Crippen LogP contribution in [0.5, 0.6) is 0 Å². The van der Waals surface area contributed by atoms with Gasteiger partial charge in [0.15, 0.2) is 9.84 Å². The summed E-state index contributed by atoms with van der Waals surface area (Å²) < 4.78 is 42.2. The molecule has 6 nitrogen and oxygen atoms in total. The van der Waals surface area contributed by atoms with Gasteiger partial charge in [-0.05, 0) is 70.6 Å². The molecule has 1 N–H and O–H groups in total. The lowest BCUT2D eigenvalue weighted by molar-refractivity contribution is 0.0181. The molecule has 1 aliphatic rings. The minimum Gasteiger partial charge on any atom is -0.444 e. The van der Waals surface area contributed by atoms with Crippen LogP contribution in [0.1, 0.15) is 46.5 Å². The van der Waals surface area contributed by atoms with E-state index < -0.39 is 21.3 Å².